The zero-order chi connectivity index (χ0) is 12.8. The third-order valence-corrected chi connectivity index (χ3v) is 3.71. The smallest absolute Gasteiger partial charge is 0.181 e. The van der Waals surface area contributed by atoms with E-state index in [2.05, 4.69) is 28.7 Å². The molecule has 2 rings (SSSR count). The summed E-state index contributed by atoms with van der Waals surface area (Å²) in [6.45, 7) is 4.37. The summed E-state index contributed by atoms with van der Waals surface area (Å²) in [5.41, 5.74) is 2.28. The molecule has 0 fully saturated rings. The number of nitrogens with one attached hydrogen (secondary N) is 1. The minimum atomic E-state index is 0.701. The van der Waals surface area contributed by atoms with Crippen LogP contribution in [0.5, 0.6) is 0 Å². The summed E-state index contributed by atoms with van der Waals surface area (Å²) in [4.78, 5) is 5.47. The van der Waals surface area contributed by atoms with Gasteiger partial charge in [0.1, 0.15) is 5.69 Å². The van der Waals surface area contributed by atoms with Gasteiger partial charge in [-0.05, 0) is 23.4 Å². The number of ether oxygens (including phenoxy) is 1. The zero-order valence-corrected chi connectivity index (χ0v) is 11.5. The molecule has 4 nitrogen and oxygen atoms in total. The summed E-state index contributed by atoms with van der Waals surface area (Å²) in [7, 11) is 1.70. The number of hydrogen-bond donors (Lipinski definition) is 1. The fourth-order valence-electron chi connectivity index (χ4n) is 1.77. The number of aryl methyl sites for hydroxylation is 1. The van der Waals surface area contributed by atoms with Crippen molar-refractivity contribution >= 4 is 11.3 Å². The number of rotatable bonds is 7. The number of aromatic nitrogens is 1. The largest absolute Gasteiger partial charge is 0.442 e. The second kappa shape index (κ2) is 6.68. The van der Waals surface area contributed by atoms with E-state index >= 15 is 0 Å². The van der Waals surface area contributed by atoms with E-state index in [0.29, 0.717) is 13.2 Å². The Kier molecular flexibility index (Phi) is 4.92. The Morgan fingerprint density at radius 3 is 3.17 bits per heavy atom. The van der Waals surface area contributed by atoms with E-state index in [1.807, 2.05) is 0 Å². The molecule has 2 aromatic heterocycles. The van der Waals surface area contributed by atoms with Crippen molar-refractivity contribution in [1.29, 1.82) is 0 Å². The first kappa shape index (κ1) is 13.3. The van der Waals surface area contributed by atoms with Crippen LogP contribution < -0.4 is 5.32 Å². The van der Waals surface area contributed by atoms with E-state index in [1.165, 1.54) is 16.8 Å². The standard InChI is InChI=1S/C13H18N2O2S/c1-3-10-4-7-18-13(10)12-11(15-9-17-12)8-14-5-6-16-2/h4,7,9,14H,3,5-6,8H2,1-2H3. The second-order valence-electron chi connectivity index (χ2n) is 3.93. The molecule has 98 valence electrons. The molecule has 0 aliphatic rings. The molecule has 1 N–H and O–H groups in total. The van der Waals surface area contributed by atoms with Gasteiger partial charge >= 0.3 is 0 Å². The van der Waals surface area contributed by atoms with E-state index in [-0.39, 0.29) is 0 Å². The lowest BCUT2D eigenvalue weighted by Crippen LogP contribution is -2.19. The molecule has 0 aliphatic carbocycles. The molecule has 0 aliphatic heterocycles. The monoisotopic (exact) mass is 266 g/mol. The molecule has 0 saturated heterocycles. The Morgan fingerprint density at radius 1 is 1.50 bits per heavy atom. The maximum Gasteiger partial charge on any atom is 0.181 e. The van der Waals surface area contributed by atoms with Gasteiger partial charge in [0.25, 0.3) is 0 Å². The third kappa shape index (κ3) is 2.98. The highest BCUT2D eigenvalue weighted by atomic mass is 32.1. The number of hydrogen-bond acceptors (Lipinski definition) is 5. The summed E-state index contributed by atoms with van der Waals surface area (Å²) >= 11 is 1.70. The first-order valence-corrected chi connectivity index (χ1v) is 6.93. The van der Waals surface area contributed by atoms with E-state index in [9.17, 15) is 0 Å². The molecule has 0 bridgehead atoms. The third-order valence-electron chi connectivity index (χ3n) is 2.75. The van der Waals surface area contributed by atoms with Crippen molar-refractivity contribution in [2.75, 3.05) is 20.3 Å². The molecule has 5 heteroatoms. The number of oxazole rings is 1. The highest BCUT2D eigenvalue weighted by Crippen LogP contribution is 2.32. The summed E-state index contributed by atoms with van der Waals surface area (Å²) in [5.74, 6) is 0.895. The number of nitrogens with zero attached hydrogens (tertiary/aromatic N) is 1. The molecule has 0 unspecified atom stereocenters. The van der Waals surface area contributed by atoms with Crippen LogP contribution in [0.3, 0.4) is 0 Å². The predicted octanol–water partition coefficient (Wildman–Crippen LogP) is 2.70. The van der Waals surface area contributed by atoms with E-state index in [4.69, 9.17) is 9.15 Å². The van der Waals surface area contributed by atoms with Crippen molar-refractivity contribution in [1.82, 2.24) is 10.3 Å². The molecule has 0 aromatic carbocycles. The highest BCUT2D eigenvalue weighted by molar-refractivity contribution is 7.13. The number of thiophene rings is 1. The van der Waals surface area contributed by atoms with Gasteiger partial charge in [0, 0.05) is 20.2 Å². The Bertz CT molecular complexity index is 479. The van der Waals surface area contributed by atoms with Crippen molar-refractivity contribution in [3.05, 3.63) is 29.1 Å². The fraction of sp³-hybridized carbons (Fsp3) is 0.462. The van der Waals surface area contributed by atoms with Crippen LogP contribution in [0.4, 0.5) is 0 Å². The van der Waals surface area contributed by atoms with Gasteiger partial charge in [-0.1, -0.05) is 6.92 Å². The van der Waals surface area contributed by atoms with Crippen LogP contribution in [0, 0.1) is 0 Å². The van der Waals surface area contributed by atoms with Crippen LogP contribution in [0.2, 0.25) is 0 Å². The zero-order valence-electron chi connectivity index (χ0n) is 10.7. The molecule has 18 heavy (non-hydrogen) atoms. The molecule has 2 heterocycles. The predicted molar refractivity (Wildman–Crippen MR) is 72.8 cm³/mol. The van der Waals surface area contributed by atoms with Crippen molar-refractivity contribution < 1.29 is 9.15 Å². The van der Waals surface area contributed by atoms with Crippen molar-refractivity contribution in [3.63, 3.8) is 0 Å². The van der Waals surface area contributed by atoms with Gasteiger partial charge in [-0.3, -0.25) is 0 Å². The van der Waals surface area contributed by atoms with E-state index < -0.39 is 0 Å². The SMILES string of the molecule is CCc1ccsc1-c1ocnc1CNCCOC. The Hall–Kier alpha value is -1.17. The molecule has 0 atom stereocenters. The van der Waals surface area contributed by atoms with Crippen molar-refractivity contribution in [3.8, 4) is 10.6 Å². The van der Waals surface area contributed by atoms with Gasteiger partial charge in [-0.15, -0.1) is 11.3 Å². The van der Waals surface area contributed by atoms with Gasteiger partial charge in [-0.2, -0.15) is 0 Å². The minimum absolute atomic E-state index is 0.701. The highest BCUT2D eigenvalue weighted by Gasteiger charge is 2.14. The quantitative estimate of drug-likeness (QED) is 0.783. The lowest BCUT2D eigenvalue weighted by molar-refractivity contribution is 0.199. The Balaban J connectivity index is 2.08. The first-order chi connectivity index (χ1) is 8.86. The summed E-state index contributed by atoms with van der Waals surface area (Å²) in [6, 6.07) is 2.14. The molecule has 0 radical (unpaired) electrons. The average molecular weight is 266 g/mol. The van der Waals surface area contributed by atoms with Crippen LogP contribution in [0.25, 0.3) is 10.6 Å². The van der Waals surface area contributed by atoms with Crippen LogP contribution in [0.15, 0.2) is 22.3 Å². The van der Waals surface area contributed by atoms with E-state index in [1.54, 1.807) is 18.4 Å². The summed E-state index contributed by atoms with van der Waals surface area (Å²) in [6.07, 6.45) is 2.53. The Morgan fingerprint density at radius 2 is 2.39 bits per heavy atom. The maximum absolute atomic E-state index is 5.54. The van der Waals surface area contributed by atoms with Crippen LogP contribution in [-0.2, 0) is 17.7 Å². The van der Waals surface area contributed by atoms with Crippen molar-refractivity contribution in [2.24, 2.45) is 0 Å². The van der Waals surface area contributed by atoms with Crippen LogP contribution in [-0.4, -0.2) is 25.2 Å². The Labute approximate surface area is 111 Å². The first-order valence-electron chi connectivity index (χ1n) is 6.05. The van der Waals surface area contributed by atoms with Crippen LogP contribution >= 0.6 is 11.3 Å². The van der Waals surface area contributed by atoms with Gasteiger partial charge < -0.3 is 14.5 Å². The summed E-state index contributed by atoms with van der Waals surface area (Å²) in [5, 5.41) is 5.38. The molecular weight excluding hydrogens is 248 g/mol. The molecule has 0 saturated carbocycles. The minimum Gasteiger partial charge on any atom is -0.442 e. The normalized spacial score (nSPS) is 11.0. The van der Waals surface area contributed by atoms with Crippen molar-refractivity contribution in [2.45, 2.75) is 19.9 Å². The maximum atomic E-state index is 5.54. The molecule has 0 spiro atoms. The van der Waals surface area contributed by atoms with E-state index in [0.717, 1.165) is 24.4 Å². The fourth-order valence-corrected chi connectivity index (χ4v) is 2.78. The lowest BCUT2D eigenvalue weighted by Gasteiger charge is -2.03. The number of methoxy groups -OCH3 is 1. The molecule has 2 aromatic rings. The van der Waals surface area contributed by atoms with Gasteiger partial charge in [0.05, 0.1) is 11.5 Å². The molecule has 0 amide bonds. The lowest BCUT2D eigenvalue weighted by atomic mass is 10.1. The van der Waals surface area contributed by atoms with Gasteiger partial charge in [0.15, 0.2) is 12.2 Å². The second-order valence-corrected chi connectivity index (χ2v) is 4.84. The molecular formula is C13H18N2O2S. The van der Waals surface area contributed by atoms with Gasteiger partial charge in [0.2, 0.25) is 0 Å². The average Bonchev–Trinajstić information content (AvgIpc) is 3.02. The van der Waals surface area contributed by atoms with Gasteiger partial charge in [-0.25, -0.2) is 4.98 Å². The summed E-state index contributed by atoms with van der Waals surface area (Å²) < 4.78 is 10.5. The topological polar surface area (TPSA) is 47.3 Å². The van der Waals surface area contributed by atoms with Crippen LogP contribution in [0.1, 0.15) is 18.2 Å².